The molecule has 3 aromatic carbocycles. The Balaban J connectivity index is 1.04. The highest BCUT2D eigenvalue weighted by Crippen LogP contribution is 2.43. The number of amides is 3. The van der Waals surface area contributed by atoms with Gasteiger partial charge in [0.1, 0.15) is 30.0 Å². The molecule has 10 rings (SSSR count). The summed E-state index contributed by atoms with van der Waals surface area (Å²) in [5, 5.41) is 21.3. The fourth-order valence-corrected chi connectivity index (χ4v) is 13.4. The van der Waals surface area contributed by atoms with E-state index in [1.54, 1.807) is 32.5 Å². The molecule has 3 amide bonds. The Hall–Kier alpha value is -7.04. The number of carbonyl (C=O) groups excluding carboxylic acids is 4. The van der Waals surface area contributed by atoms with E-state index in [0.717, 1.165) is 38.9 Å². The number of phenolic OH excluding ortho intramolecular Hbond substituents is 1. The number of sulfone groups is 1. The van der Waals surface area contributed by atoms with Crippen LogP contribution in [-0.4, -0.2) is 154 Å². The molecule has 3 aromatic heterocycles. The molecule has 4 aliphatic heterocycles. The summed E-state index contributed by atoms with van der Waals surface area (Å²) in [7, 11) is 0.158. The van der Waals surface area contributed by atoms with E-state index in [2.05, 4.69) is 39.5 Å². The van der Waals surface area contributed by atoms with Crippen molar-refractivity contribution in [3.05, 3.63) is 107 Å². The third-order valence-electron chi connectivity index (χ3n) is 16.5. The Morgan fingerprint density at radius 3 is 2.48 bits per heavy atom. The lowest BCUT2D eigenvalue weighted by Gasteiger charge is -2.37. The molecule has 82 heavy (non-hydrogen) atoms. The molecule has 0 radical (unpaired) electrons. The van der Waals surface area contributed by atoms with Crippen LogP contribution >= 0.6 is 0 Å². The van der Waals surface area contributed by atoms with Crippen LogP contribution in [0.3, 0.4) is 0 Å². The molecule has 3 saturated heterocycles. The highest BCUT2D eigenvalue weighted by atomic mass is 32.2. The number of hydrazine groups is 1. The predicted molar refractivity (Wildman–Crippen MR) is 307 cm³/mol. The second-order valence-electron chi connectivity index (χ2n) is 23.4. The summed E-state index contributed by atoms with van der Waals surface area (Å²) in [6, 6.07) is 20.0. The summed E-state index contributed by atoms with van der Waals surface area (Å²) in [4.78, 5) is 71.6. The molecule has 6 bridgehead atoms. The van der Waals surface area contributed by atoms with E-state index in [9.17, 15) is 32.7 Å². The molecule has 4 aliphatic rings. The van der Waals surface area contributed by atoms with Gasteiger partial charge in [0.15, 0.2) is 9.84 Å². The number of phenols is 1. The third-order valence-corrected chi connectivity index (χ3v) is 18.1. The van der Waals surface area contributed by atoms with Gasteiger partial charge in [-0.1, -0.05) is 75.3 Å². The van der Waals surface area contributed by atoms with E-state index in [4.69, 9.17) is 28.7 Å². The quantitative estimate of drug-likeness (QED) is 0.101. The number of methoxy groups -OCH3 is 1. The minimum absolute atomic E-state index is 0.0273. The zero-order valence-corrected chi connectivity index (χ0v) is 48.8. The molecular weight excluding hydrogens is 1070 g/mol. The van der Waals surface area contributed by atoms with E-state index in [1.165, 1.54) is 9.91 Å². The van der Waals surface area contributed by atoms with Crippen molar-refractivity contribution in [1.82, 2.24) is 45.2 Å². The number of rotatable bonds is 13. The summed E-state index contributed by atoms with van der Waals surface area (Å²) in [5.41, 5.74) is 10.2. The maximum absolute atomic E-state index is 15.0. The number of carbonyl (C=O) groups is 4. The van der Waals surface area contributed by atoms with Crippen molar-refractivity contribution in [2.45, 2.75) is 123 Å². The van der Waals surface area contributed by atoms with Crippen LogP contribution in [0.1, 0.15) is 101 Å². The van der Waals surface area contributed by atoms with Gasteiger partial charge in [-0.15, -0.1) is 0 Å². The molecule has 20 nitrogen and oxygen atoms in total. The third kappa shape index (κ3) is 12.3. The van der Waals surface area contributed by atoms with Crippen LogP contribution in [0, 0.1) is 11.3 Å². The Kier molecular flexibility index (Phi) is 17.1. The van der Waals surface area contributed by atoms with Gasteiger partial charge < -0.3 is 38.6 Å². The molecule has 0 spiro atoms. The van der Waals surface area contributed by atoms with Crippen molar-refractivity contribution in [3.63, 3.8) is 0 Å². The normalized spacial score (nSPS) is 22.1. The van der Waals surface area contributed by atoms with E-state index in [1.807, 2.05) is 88.0 Å². The van der Waals surface area contributed by atoms with Crippen LogP contribution in [0.2, 0.25) is 0 Å². The van der Waals surface area contributed by atoms with Crippen LogP contribution in [0.25, 0.3) is 44.7 Å². The summed E-state index contributed by atoms with van der Waals surface area (Å²) >= 11 is 0. The van der Waals surface area contributed by atoms with Gasteiger partial charge in [0.05, 0.1) is 42.1 Å². The first-order valence-electron chi connectivity index (χ1n) is 28.5. The zero-order chi connectivity index (χ0) is 58.2. The topological polar surface area (TPSA) is 241 Å². The molecule has 3 N–H and O–H groups in total. The van der Waals surface area contributed by atoms with E-state index >= 15 is 0 Å². The Labute approximate surface area is 478 Å². The molecule has 6 unspecified atom stereocenters. The predicted octanol–water partition coefficient (Wildman–Crippen LogP) is 6.79. The van der Waals surface area contributed by atoms with Crippen LogP contribution < -0.4 is 10.7 Å². The molecule has 0 saturated carbocycles. The first-order valence-corrected chi connectivity index (χ1v) is 30.3. The number of hydrogen-bond donors (Lipinski definition) is 3. The fourth-order valence-electron chi connectivity index (χ4n) is 12.2. The summed E-state index contributed by atoms with van der Waals surface area (Å²) in [5.74, 6) is -1.68. The number of aromatic hydroxyl groups is 1. The van der Waals surface area contributed by atoms with Crippen molar-refractivity contribution in [1.29, 1.82) is 0 Å². The zero-order valence-electron chi connectivity index (χ0n) is 48.0. The standard InChI is InChI=1S/C61H75N9O11S/c1-9-69-50-18-17-40-30-45(50)47(54(69)46-31-42(33-62-52(46)37(4)78-8)56-64-51(81-66-56)34-68-21-24-82(76,77)25-22-68)32-61(5,6)35-80-60(75)48-16-13-20-70(65-48)58(73)49(28-38-26-41(40)29-43(71)27-38)63-57(72)53(36(2)3)67(7)59(74)55-44(19-23-79-55)39-14-11-10-12-15-39/h10-12,14-15,17-18,26-27,29-31,33,36-37,44,48-49,53,55,65,71H,9,13,16,19-25,28,32,34-35H2,1-8H3,(H,63,72). The number of esters is 1. The van der Waals surface area contributed by atoms with Gasteiger partial charge in [-0.2, -0.15) is 4.98 Å². The van der Waals surface area contributed by atoms with E-state index < -0.39 is 63.4 Å². The molecule has 7 heterocycles. The number of nitrogens with one attached hydrogen (secondary N) is 2. The van der Waals surface area contributed by atoms with E-state index in [0.29, 0.717) is 92.6 Å². The van der Waals surface area contributed by atoms with Gasteiger partial charge in [-0.3, -0.25) is 34.1 Å². The van der Waals surface area contributed by atoms with Gasteiger partial charge in [-0.25, -0.2) is 13.8 Å². The lowest BCUT2D eigenvalue weighted by atomic mass is 9.84. The number of hydrogen-bond acceptors (Lipinski definition) is 16. The number of cyclic esters (lactones) is 1. The smallest absolute Gasteiger partial charge is 0.324 e. The molecule has 6 aromatic rings. The molecular formula is C61H75N9O11S. The molecule has 436 valence electrons. The van der Waals surface area contributed by atoms with Crippen LogP contribution in [0.15, 0.2) is 83.5 Å². The van der Waals surface area contributed by atoms with Gasteiger partial charge in [0.2, 0.25) is 17.6 Å². The number of aromatic nitrogens is 4. The average Bonchev–Trinajstić information content (AvgIpc) is 4.43. The van der Waals surface area contributed by atoms with E-state index in [-0.39, 0.29) is 54.6 Å². The number of pyridine rings is 1. The average molecular weight is 1140 g/mol. The minimum Gasteiger partial charge on any atom is -0.508 e. The second-order valence-corrected chi connectivity index (χ2v) is 25.7. The lowest BCUT2D eigenvalue weighted by Crippen LogP contribution is -2.62. The lowest BCUT2D eigenvalue weighted by molar-refractivity contribution is -0.155. The highest BCUT2D eigenvalue weighted by Gasteiger charge is 2.43. The summed E-state index contributed by atoms with van der Waals surface area (Å²) in [6.07, 6.45) is 2.36. The Morgan fingerprint density at radius 2 is 1.74 bits per heavy atom. The van der Waals surface area contributed by atoms with Crippen molar-refractivity contribution in [2.24, 2.45) is 11.3 Å². The van der Waals surface area contributed by atoms with Gasteiger partial charge in [-0.05, 0) is 104 Å². The number of fused-ring (bicyclic) bond motifs is 6. The van der Waals surface area contributed by atoms with Crippen LogP contribution in [0.4, 0.5) is 0 Å². The Bertz CT molecular complexity index is 3460. The monoisotopic (exact) mass is 1140 g/mol. The largest absolute Gasteiger partial charge is 0.508 e. The fraction of sp³-hybridized carbons (Fsp3) is 0.492. The number of nitrogens with zero attached hydrogens (tertiary/aromatic N) is 7. The van der Waals surface area contributed by atoms with Crippen molar-refractivity contribution < 1.29 is 51.4 Å². The molecule has 0 aliphatic carbocycles. The van der Waals surface area contributed by atoms with Gasteiger partial charge in [0.25, 0.3) is 11.8 Å². The molecule has 21 heteroatoms. The van der Waals surface area contributed by atoms with Crippen molar-refractivity contribution in [3.8, 4) is 39.5 Å². The summed E-state index contributed by atoms with van der Waals surface area (Å²) in [6.45, 7) is 14.1. The number of ether oxygens (including phenoxy) is 3. The second kappa shape index (κ2) is 24.0. The maximum Gasteiger partial charge on any atom is 0.324 e. The van der Waals surface area contributed by atoms with Gasteiger partial charge in [0, 0.05) is 92.9 Å². The SMILES string of the molecule is CCn1c(-c2cc(-c3noc(CN4CCS(=O)(=O)CC4)n3)cnc2C(C)OC)c2c3cc(ccc31)-c1cc(O)cc(c1)CC(NC(=O)C(C(C)C)N(C)C(=O)C1OCCC1c1ccccc1)C(=O)N1CCCC(N1)C(=O)OCC(C)(C)C2. The first kappa shape index (κ1) is 58.2. The first-order chi connectivity index (χ1) is 39.2. The number of aryl methyl sites for hydroxylation is 1. The van der Waals surface area contributed by atoms with Gasteiger partial charge >= 0.3 is 5.97 Å². The molecule has 3 fully saturated rings. The number of benzene rings is 3. The maximum atomic E-state index is 15.0. The Morgan fingerprint density at radius 1 is 0.976 bits per heavy atom. The summed E-state index contributed by atoms with van der Waals surface area (Å²) < 4.78 is 50.5. The minimum atomic E-state index is -3.08. The van der Waals surface area contributed by atoms with Crippen LogP contribution in [0.5, 0.6) is 5.75 Å². The van der Waals surface area contributed by atoms with Crippen molar-refractivity contribution in [2.75, 3.05) is 58.5 Å². The highest BCUT2D eigenvalue weighted by molar-refractivity contribution is 7.91. The number of likely N-dealkylation sites (N-methyl/N-ethyl adjacent to an activating group) is 1. The molecule has 6 atom stereocenters. The van der Waals surface area contributed by atoms with Crippen LogP contribution in [-0.2, 0) is 69.2 Å². The van der Waals surface area contributed by atoms with Crippen molar-refractivity contribution >= 4 is 44.4 Å².